The number of rotatable bonds is 0. The van der Waals surface area contributed by atoms with E-state index >= 15 is 0 Å². The highest BCUT2D eigenvalue weighted by Crippen LogP contribution is 2.21. The van der Waals surface area contributed by atoms with Crippen LogP contribution in [0.4, 0.5) is 13.2 Å². The molecule has 0 aromatic heterocycles. The van der Waals surface area contributed by atoms with E-state index in [2.05, 4.69) is 0 Å². The van der Waals surface area contributed by atoms with Gasteiger partial charge < -0.3 is 0 Å². The summed E-state index contributed by atoms with van der Waals surface area (Å²) >= 11 is 0. The van der Waals surface area contributed by atoms with Gasteiger partial charge in [-0.1, -0.05) is 0 Å². The molecular weight excluding hydrogens is 180 g/mol. The molecule has 0 aromatic carbocycles. The first kappa shape index (κ1) is 9.85. The van der Waals surface area contributed by atoms with Crippen LogP contribution in [-0.4, -0.2) is 5.92 Å². The molecule has 0 saturated heterocycles. The van der Waals surface area contributed by atoms with Crippen molar-refractivity contribution in [3.05, 3.63) is 0 Å². The molecule has 1 atom stereocenters. The molecule has 0 N–H and O–H groups in total. The van der Waals surface area contributed by atoms with E-state index in [4.69, 9.17) is 0 Å². The molecule has 0 bridgehead atoms. The molecule has 0 aromatic rings. The highest BCUT2D eigenvalue weighted by atomic mass is 79.9. The molecule has 5 heteroatoms. The molecule has 0 nitrogen and oxygen atoms in total. The average Bonchev–Trinajstić information content (AvgIpc) is 0.722. The summed E-state index contributed by atoms with van der Waals surface area (Å²) in [6, 6.07) is 0. The monoisotopic (exact) mass is 182 g/mol. The maximum atomic E-state index is 10.3. The maximum absolute atomic E-state index is 10.3. The highest BCUT2D eigenvalue weighted by Gasteiger charge is 2.15. The molecule has 40 valence electrons. The van der Waals surface area contributed by atoms with E-state index in [0.717, 1.165) is 0 Å². The molecule has 0 aliphatic carbocycles. The van der Waals surface area contributed by atoms with Crippen LogP contribution in [0, 0.1) is 0 Å². The van der Waals surface area contributed by atoms with Crippen molar-refractivity contribution in [2.75, 3.05) is 0 Å². The molecule has 0 aliphatic heterocycles. The first-order chi connectivity index (χ1) is 2.00. The lowest BCUT2D eigenvalue weighted by Crippen LogP contribution is -1.88. The fourth-order valence-electron chi connectivity index (χ4n) is 0. The van der Waals surface area contributed by atoms with Gasteiger partial charge in [0.1, 0.15) is 0 Å². The van der Waals surface area contributed by atoms with E-state index in [1.165, 1.54) is 0 Å². The minimum Gasteiger partial charge on any atom is -0.168 e. The second kappa shape index (κ2) is 2.80. The molecule has 0 spiro atoms. The van der Waals surface area contributed by atoms with Crippen molar-refractivity contribution in [2.24, 2.45) is 0 Å². The molecule has 0 rings (SSSR count). The third-order valence-electron chi connectivity index (χ3n) is 0. The van der Waals surface area contributed by atoms with Crippen LogP contribution < -0.4 is 0 Å². The second-order valence-corrected chi connectivity index (χ2v) is 1.20. The van der Waals surface area contributed by atoms with E-state index in [-0.39, 0.29) is 17.0 Å². The van der Waals surface area contributed by atoms with E-state index in [1.807, 2.05) is 0 Å². The topological polar surface area (TPSA) is 0 Å². The van der Waals surface area contributed by atoms with E-state index in [1.54, 1.807) is 0 Å². The Morgan fingerprint density at radius 1 is 1.17 bits per heavy atom. The lowest BCUT2D eigenvalue weighted by molar-refractivity contribution is -0.0341. The van der Waals surface area contributed by atoms with Crippen LogP contribution in [0.5, 0.6) is 0 Å². The van der Waals surface area contributed by atoms with Crippen LogP contribution in [0.25, 0.3) is 0 Å². The number of hydrogen-bond donors (Lipinski definition) is 0. The maximum Gasteiger partial charge on any atom is 0.399 e. The van der Waals surface area contributed by atoms with Gasteiger partial charge in [0.2, 0.25) is 0 Å². The Kier molecular flexibility index (Phi) is 4.61. The van der Waals surface area contributed by atoms with E-state index in [0.29, 0.717) is 9.24 Å². The molecule has 0 heterocycles. The summed E-state index contributed by atoms with van der Waals surface area (Å²) in [4.78, 5) is 0. The Morgan fingerprint density at radius 3 is 1.17 bits per heavy atom. The SMILES string of the molecule is Br.FC(F)(F)P. The Labute approximate surface area is 46.1 Å². The Morgan fingerprint density at radius 2 is 1.17 bits per heavy atom. The van der Waals surface area contributed by atoms with Crippen molar-refractivity contribution in [3.8, 4) is 0 Å². The van der Waals surface area contributed by atoms with Gasteiger partial charge >= 0.3 is 5.92 Å². The summed E-state index contributed by atoms with van der Waals surface area (Å²) in [5.41, 5.74) is 0. The van der Waals surface area contributed by atoms with Gasteiger partial charge in [-0.05, 0) is 9.24 Å². The summed E-state index contributed by atoms with van der Waals surface area (Å²) in [7, 11) is 0.715. The lowest BCUT2D eigenvalue weighted by atomic mass is 11.6. The molecule has 0 amide bonds. The zero-order valence-electron chi connectivity index (χ0n) is 2.62. The van der Waals surface area contributed by atoms with Crippen LogP contribution in [0.2, 0.25) is 0 Å². The Balaban J connectivity index is 0. The van der Waals surface area contributed by atoms with Gasteiger partial charge in [-0.25, -0.2) is 0 Å². The zero-order chi connectivity index (χ0) is 4.50. The Hall–Kier alpha value is 0.700. The lowest BCUT2D eigenvalue weighted by Gasteiger charge is -1.88. The minimum atomic E-state index is -4.08. The minimum absolute atomic E-state index is 0. The van der Waals surface area contributed by atoms with Crippen molar-refractivity contribution in [1.82, 2.24) is 0 Å². The van der Waals surface area contributed by atoms with E-state index in [9.17, 15) is 13.2 Å². The van der Waals surface area contributed by atoms with Crippen LogP contribution in [0.15, 0.2) is 0 Å². The summed E-state index contributed by atoms with van der Waals surface area (Å²) in [5.74, 6) is -4.08. The normalized spacial score (nSPS) is 10.0. The Bertz CT molecular complexity index is 26.3. The molecule has 0 aliphatic rings. The predicted octanol–water partition coefficient (Wildman–Crippen LogP) is 1.96. The summed E-state index contributed by atoms with van der Waals surface area (Å²) < 4.78 is 31.0. The highest BCUT2D eigenvalue weighted by molar-refractivity contribution is 8.93. The first-order valence-corrected chi connectivity index (χ1v) is 1.43. The van der Waals surface area contributed by atoms with Crippen molar-refractivity contribution >= 4 is 26.2 Å². The second-order valence-electron chi connectivity index (χ2n) is 0.542. The standard InChI is InChI=1S/CH2F3P.BrH/c2-1(3,4)5;/h5H2;1H. The summed E-state index contributed by atoms with van der Waals surface area (Å²) in [6.07, 6.45) is 0. The molecular formula is CH3BrF3P. The van der Waals surface area contributed by atoms with Gasteiger partial charge in [-0.2, -0.15) is 13.2 Å². The number of hydrogen-bond acceptors (Lipinski definition) is 0. The smallest absolute Gasteiger partial charge is 0.168 e. The zero-order valence-corrected chi connectivity index (χ0v) is 5.49. The molecule has 6 heavy (non-hydrogen) atoms. The van der Waals surface area contributed by atoms with Crippen LogP contribution >= 0.6 is 26.2 Å². The third-order valence-corrected chi connectivity index (χ3v) is 0. The van der Waals surface area contributed by atoms with Gasteiger partial charge in [0, 0.05) is 0 Å². The van der Waals surface area contributed by atoms with Gasteiger partial charge in [-0.15, -0.1) is 17.0 Å². The van der Waals surface area contributed by atoms with Crippen molar-refractivity contribution in [1.29, 1.82) is 0 Å². The number of halogens is 4. The van der Waals surface area contributed by atoms with Gasteiger partial charge in [0.05, 0.1) is 0 Å². The van der Waals surface area contributed by atoms with Crippen LogP contribution in [-0.2, 0) is 0 Å². The first-order valence-electron chi connectivity index (χ1n) is 0.856. The fraction of sp³-hybridized carbons (Fsp3) is 1.00. The summed E-state index contributed by atoms with van der Waals surface area (Å²) in [6.45, 7) is 0. The third kappa shape index (κ3) is 131. The number of alkyl halides is 3. The molecule has 1 unspecified atom stereocenters. The predicted molar refractivity (Wildman–Crippen MR) is 26.1 cm³/mol. The van der Waals surface area contributed by atoms with Crippen molar-refractivity contribution in [3.63, 3.8) is 0 Å². The fourth-order valence-corrected chi connectivity index (χ4v) is 0. The molecule has 0 radical (unpaired) electrons. The molecule has 0 saturated carbocycles. The van der Waals surface area contributed by atoms with Gasteiger partial charge in [0.25, 0.3) is 0 Å². The average molecular weight is 183 g/mol. The van der Waals surface area contributed by atoms with Crippen molar-refractivity contribution < 1.29 is 13.2 Å². The molecule has 0 fully saturated rings. The van der Waals surface area contributed by atoms with Crippen molar-refractivity contribution in [2.45, 2.75) is 5.92 Å². The van der Waals surface area contributed by atoms with Gasteiger partial charge in [-0.3, -0.25) is 0 Å². The largest absolute Gasteiger partial charge is 0.399 e. The van der Waals surface area contributed by atoms with Gasteiger partial charge in [0.15, 0.2) is 0 Å². The van der Waals surface area contributed by atoms with Crippen LogP contribution in [0.1, 0.15) is 0 Å². The van der Waals surface area contributed by atoms with Crippen LogP contribution in [0.3, 0.4) is 0 Å². The summed E-state index contributed by atoms with van der Waals surface area (Å²) in [5, 5.41) is 0. The van der Waals surface area contributed by atoms with E-state index < -0.39 is 5.92 Å². The quantitative estimate of drug-likeness (QED) is 0.503.